The Morgan fingerprint density at radius 2 is 2.07 bits per heavy atom. The van der Waals surface area contributed by atoms with Gasteiger partial charge in [0.1, 0.15) is 5.54 Å². The van der Waals surface area contributed by atoms with Crippen molar-refractivity contribution in [2.75, 3.05) is 6.54 Å². The Morgan fingerprint density at radius 1 is 1.53 bits per heavy atom. The van der Waals surface area contributed by atoms with Gasteiger partial charge in [-0.3, -0.25) is 4.79 Å². The number of alkyl halides is 3. The van der Waals surface area contributed by atoms with Gasteiger partial charge in [-0.05, 0) is 25.3 Å². The lowest BCUT2D eigenvalue weighted by Gasteiger charge is -2.21. The van der Waals surface area contributed by atoms with E-state index in [2.05, 4.69) is 5.32 Å². The van der Waals surface area contributed by atoms with Gasteiger partial charge in [0.2, 0.25) is 5.91 Å². The molecule has 1 amide bonds. The van der Waals surface area contributed by atoms with E-state index >= 15 is 0 Å². The quantitative estimate of drug-likeness (QED) is 0.753. The van der Waals surface area contributed by atoms with Crippen molar-refractivity contribution in [3.05, 3.63) is 0 Å². The Kier molecular flexibility index (Phi) is 3.28. The highest BCUT2D eigenvalue weighted by molar-refractivity contribution is 5.77. The Hall–Kier alpha value is -0.780. The van der Waals surface area contributed by atoms with Crippen molar-refractivity contribution in [1.29, 1.82) is 0 Å². The van der Waals surface area contributed by atoms with Gasteiger partial charge in [-0.15, -0.1) is 0 Å². The first-order valence-corrected chi connectivity index (χ1v) is 4.88. The minimum atomic E-state index is -4.34. The van der Waals surface area contributed by atoms with Crippen molar-refractivity contribution in [2.24, 2.45) is 11.7 Å². The molecule has 88 valence electrons. The minimum absolute atomic E-state index is 0.0146. The molecule has 1 rings (SSSR count). The molecule has 0 radical (unpaired) electrons. The van der Waals surface area contributed by atoms with E-state index in [1.807, 2.05) is 0 Å². The van der Waals surface area contributed by atoms with Gasteiger partial charge in [-0.25, -0.2) is 0 Å². The highest BCUT2D eigenvalue weighted by Crippen LogP contribution is 2.48. The second-order valence-corrected chi connectivity index (χ2v) is 4.17. The third kappa shape index (κ3) is 2.84. The van der Waals surface area contributed by atoms with E-state index in [4.69, 9.17) is 5.73 Å². The highest BCUT2D eigenvalue weighted by atomic mass is 19.4. The number of amides is 1. The smallest absolute Gasteiger partial charge is 0.342 e. The standard InChI is InChI=1S/C9H15F3N2O/c1-6(5-13)4-7(15)14-8(2-3-8)9(10,11)12/h6H,2-5,13H2,1H3,(H,14,15). The Morgan fingerprint density at radius 3 is 2.40 bits per heavy atom. The summed E-state index contributed by atoms with van der Waals surface area (Å²) in [5, 5.41) is 2.05. The number of carbonyl (C=O) groups is 1. The number of rotatable bonds is 4. The first kappa shape index (κ1) is 12.3. The van der Waals surface area contributed by atoms with Gasteiger partial charge in [0.05, 0.1) is 0 Å². The van der Waals surface area contributed by atoms with Crippen molar-refractivity contribution in [3.63, 3.8) is 0 Å². The van der Waals surface area contributed by atoms with Crippen LogP contribution in [-0.4, -0.2) is 24.2 Å². The summed E-state index contributed by atoms with van der Waals surface area (Å²) in [6, 6.07) is 0. The van der Waals surface area contributed by atoms with Gasteiger partial charge in [0, 0.05) is 6.42 Å². The van der Waals surface area contributed by atoms with E-state index < -0.39 is 17.6 Å². The summed E-state index contributed by atoms with van der Waals surface area (Å²) in [5.41, 5.74) is 3.34. The molecular weight excluding hydrogens is 209 g/mol. The lowest BCUT2D eigenvalue weighted by atomic mass is 10.1. The summed E-state index contributed by atoms with van der Waals surface area (Å²) in [6.45, 7) is 2.03. The number of nitrogens with two attached hydrogens (primary N) is 1. The number of hydrogen-bond acceptors (Lipinski definition) is 2. The molecule has 15 heavy (non-hydrogen) atoms. The van der Waals surface area contributed by atoms with Crippen molar-refractivity contribution >= 4 is 5.91 Å². The lowest BCUT2D eigenvalue weighted by molar-refractivity contribution is -0.170. The van der Waals surface area contributed by atoms with Crippen LogP contribution in [-0.2, 0) is 4.79 Å². The van der Waals surface area contributed by atoms with Crippen molar-refractivity contribution in [3.8, 4) is 0 Å². The summed E-state index contributed by atoms with van der Waals surface area (Å²) >= 11 is 0. The Labute approximate surface area is 86.2 Å². The van der Waals surface area contributed by atoms with Crippen LogP contribution in [0.15, 0.2) is 0 Å². The van der Waals surface area contributed by atoms with Gasteiger partial charge in [-0.1, -0.05) is 6.92 Å². The second kappa shape index (κ2) is 4.00. The summed E-state index contributed by atoms with van der Waals surface area (Å²) < 4.78 is 37.3. The van der Waals surface area contributed by atoms with E-state index in [9.17, 15) is 18.0 Å². The normalized spacial score (nSPS) is 20.9. The number of halogens is 3. The maximum atomic E-state index is 12.4. The van der Waals surface area contributed by atoms with Crippen LogP contribution in [0.1, 0.15) is 26.2 Å². The van der Waals surface area contributed by atoms with Crippen molar-refractivity contribution in [1.82, 2.24) is 5.32 Å². The number of carbonyl (C=O) groups excluding carboxylic acids is 1. The van der Waals surface area contributed by atoms with Gasteiger partial charge in [0.15, 0.2) is 0 Å². The van der Waals surface area contributed by atoms with Gasteiger partial charge in [-0.2, -0.15) is 13.2 Å². The molecule has 0 aliphatic heterocycles. The van der Waals surface area contributed by atoms with Gasteiger partial charge < -0.3 is 11.1 Å². The first-order valence-electron chi connectivity index (χ1n) is 4.88. The maximum Gasteiger partial charge on any atom is 0.411 e. The molecule has 6 heteroatoms. The lowest BCUT2D eigenvalue weighted by Crippen LogP contribution is -2.48. The zero-order chi connectivity index (χ0) is 11.7. The largest absolute Gasteiger partial charge is 0.411 e. The van der Waals surface area contributed by atoms with Crippen LogP contribution in [0.25, 0.3) is 0 Å². The molecule has 1 atom stereocenters. The highest BCUT2D eigenvalue weighted by Gasteiger charge is 2.64. The molecule has 0 bridgehead atoms. The molecule has 0 aromatic rings. The summed E-state index contributed by atoms with van der Waals surface area (Å²) in [5.74, 6) is -0.656. The van der Waals surface area contributed by atoms with E-state index in [0.29, 0.717) is 6.54 Å². The van der Waals surface area contributed by atoms with Crippen LogP contribution >= 0.6 is 0 Å². The topological polar surface area (TPSA) is 55.1 Å². The first-order chi connectivity index (χ1) is 6.81. The van der Waals surface area contributed by atoms with Crippen molar-refractivity contribution in [2.45, 2.75) is 37.9 Å². The van der Waals surface area contributed by atoms with E-state index in [1.165, 1.54) is 0 Å². The van der Waals surface area contributed by atoms with Crippen LogP contribution in [0.4, 0.5) is 13.2 Å². The van der Waals surface area contributed by atoms with Gasteiger partial charge >= 0.3 is 6.18 Å². The fourth-order valence-corrected chi connectivity index (χ4v) is 1.32. The fraction of sp³-hybridized carbons (Fsp3) is 0.889. The Bertz CT molecular complexity index is 248. The van der Waals surface area contributed by atoms with Crippen LogP contribution < -0.4 is 11.1 Å². The molecule has 0 heterocycles. The predicted molar refractivity (Wildman–Crippen MR) is 49.0 cm³/mol. The molecular formula is C9H15F3N2O. The average Bonchev–Trinajstić information content (AvgIpc) is 2.83. The van der Waals surface area contributed by atoms with Crippen LogP contribution in [0.3, 0.4) is 0 Å². The molecule has 0 aromatic heterocycles. The van der Waals surface area contributed by atoms with E-state index in [0.717, 1.165) is 0 Å². The third-order valence-electron chi connectivity index (χ3n) is 2.61. The van der Waals surface area contributed by atoms with Gasteiger partial charge in [0.25, 0.3) is 0 Å². The molecule has 0 saturated heterocycles. The number of nitrogens with one attached hydrogen (secondary N) is 1. The fourth-order valence-electron chi connectivity index (χ4n) is 1.32. The van der Waals surface area contributed by atoms with E-state index in [1.54, 1.807) is 6.92 Å². The maximum absolute atomic E-state index is 12.4. The zero-order valence-corrected chi connectivity index (χ0v) is 8.53. The van der Waals surface area contributed by atoms with Crippen LogP contribution in [0.5, 0.6) is 0 Å². The molecule has 1 aliphatic rings. The van der Waals surface area contributed by atoms with Crippen molar-refractivity contribution < 1.29 is 18.0 Å². The van der Waals surface area contributed by atoms with Crippen LogP contribution in [0.2, 0.25) is 0 Å². The molecule has 0 spiro atoms. The molecule has 1 saturated carbocycles. The third-order valence-corrected chi connectivity index (χ3v) is 2.61. The molecule has 1 fully saturated rings. The average molecular weight is 224 g/mol. The van der Waals surface area contributed by atoms with E-state index in [-0.39, 0.29) is 25.2 Å². The molecule has 0 aromatic carbocycles. The summed E-state index contributed by atoms with van der Waals surface area (Å²) in [4.78, 5) is 11.2. The molecule has 1 aliphatic carbocycles. The van der Waals surface area contributed by atoms with Crippen LogP contribution in [0, 0.1) is 5.92 Å². The second-order valence-electron chi connectivity index (χ2n) is 4.17. The Balaban J connectivity index is 2.45. The SMILES string of the molecule is CC(CN)CC(=O)NC1(C(F)(F)F)CC1. The monoisotopic (exact) mass is 224 g/mol. The zero-order valence-electron chi connectivity index (χ0n) is 8.53. The summed E-state index contributed by atoms with van der Waals surface area (Å²) in [6.07, 6.45) is -4.32. The number of hydrogen-bond donors (Lipinski definition) is 2. The molecule has 1 unspecified atom stereocenters. The minimum Gasteiger partial charge on any atom is -0.342 e. The summed E-state index contributed by atoms with van der Waals surface area (Å²) in [7, 11) is 0. The molecule has 3 nitrogen and oxygen atoms in total. The molecule has 3 N–H and O–H groups in total. The predicted octanol–water partition coefficient (Wildman–Crippen LogP) is 1.18.